The van der Waals surface area contributed by atoms with Gasteiger partial charge >= 0.3 is 0 Å². The number of hydrogen-bond acceptors (Lipinski definition) is 6. The summed E-state index contributed by atoms with van der Waals surface area (Å²) in [6.07, 6.45) is 1.63. The molecule has 0 fully saturated rings. The van der Waals surface area contributed by atoms with Crippen molar-refractivity contribution in [2.24, 2.45) is 0 Å². The van der Waals surface area contributed by atoms with Crippen LogP contribution < -0.4 is 10.5 Å². The van der Waals surface area contributed by atoms with Crippen LogP contribution in [0.25, 0.3) is 23.0 Å². The number of methoxy groups -OCH3 is 1. The zero-order chi connectivity index (χ0) is 14.8. The number of anilines is 1. The molecule has 0 saturated heterocycles. The maximum Gasteiger partial charge on any atom is 0.278 e. The van der Waals surface area contributed by atoms with Gasteiger partial charge in [-0.1, -0.05) is 5.16 Å². The van der Waals surface area contributed by atoms with Gasteiger partial charge < -0.3 is 15.0 Å². The van der Waals surface area contributed by atoms with E-state index in [1.54, 1.807) is 25.4 Å². The minimum absolute atomic E-state index is 0.302. The number of pyridine rings is 1. The molecule has 0 aliphatic heterocycles. The summed E-state index contributed by atoms with van der Waals surface area (Å²) in [4.78, 5) is 8.51. The van der Waals surface area contributed by atoms with Gasteiger partial charge in [-0.2, -0.15) is 4.98 Å². The maximum absolute atomic E-state index is 5.86. The average Bonchev–Trinajstić information content (AvgIpc) is 2.97. The molecule has 1 aromatic carbocycles. The summed E-state index contributed by atoms with van der Waals surface area (Å²) in [6.45, 7) is 1.96. The van der Waals surface area contributed by atoms with E-state index >= 15 is 0 Å². The van der Waals surface area contributed by atoms with Crippen LogP contribution in [0.4, 0.5) is 5.69 Å². The third kappa shape index (κ3) is 2.43. The van der Waals surface area contributed by atoms with Crippen LogP contribution in [0.1, 0.15) is 5.56 Å². The van der Waals surface area contributed by atoms with Crippen molar-refractivity contribution in [2.75, 3.05) is 12.8 Å². The second-order valence-electron chi connectivity index (χ2n) is 4.55. The summed E-state index contributed by atoms with van der Waals surface area (Å²) >= 11 is 0. The van der Waals surface area contributed by atoms with Crippen molar-refractivity contribution in [1.82, 2.24) is 15.1 Å². The minimum atomic E-state index is 0.302. The van der Waals surface area contributed by atoms with Crippen molar-refractivity contribution < 1.29 is 9.26 Å². The van der Waals surface area contributed by atoms with E-state index in [1.807, 2.05) is 25.1 Å². The molecule has 2 N–H and O–H groups in total. The number of nitrogens with zero attached hydrogens (tertiary/aromatic N) is 3. The average molecular weight is 282 g/mol. The predicted octanol–water partition coefficient (Wildman–Crippen LogP) is 2.70. The lowest BCUT2D eigenvalue weighted by atomic mass is 10.1. The molecule has 0 unspecified atom stereocenters. The Morgan fingerprint density at radius 3 is 2.81 bits per heavy atom. The number of rotatable bonds is 3. The van der Waals surface area contributed by atoms with E-state index in [0.29, 0.717) is 23.1 Å². The molecule has 106 valence electrons. The molecule has 6 nitrogen and oxygen atoms in total. The van der Waals surface area contributed by atoms with Gasteiger partial charge in [0.1, 0.15) is 5.75 Å². The molecule has 0 atom stereocenters. The summed E-state index contributed by atoms with van der Waals surface area (Å²) in [5, 5.41) is 3.98. The highest BCUT2D eigenvalue weighted by molar-refractivity contribution is 5.67. The Kier molecular flexibility index (Phi) is 3.27. The highest BCUT2D eigenvalue weighted by atomic mass is 16.5. The van der Waals surface area contributed by atoms with Gasteiger partial charge in [0, 0.05) is 11.8 Å². The van der Waals surface area contributed by atoms with Crippen LogP contribution in [-0.4, -0.2) is 22.2 Å². The normalized spacial score (nSPS) is 10.6. The number of nitrogen functional groups attached to an aromatic ring is 1. The van der Waals surface area contributed by atoms with Crippen LogP contribution >= 0.6 is 0 Å². The van der Waals surface area contributed by atoms with E-state index in [1.165, 1.54) is 0 Å². The molecule has 3 rings (SSSR count). The molecule has 2 heterocycles. The number of hydrogen-bond donors (Lipinski definition) is 1. The fourth-order valence-corrected chi connectivity index (χ4v) is 2.05. The molecule has 0 aliphatic rings. The molecule has 0 bridgehead atoms. The number of aromatic nitrogens is 3. The Balaban J connectivity index is 1.99. The summed E-state index contributed by atoms with van der Waals surface area (Å²) < 4.78 is 10.5. The second kappa shape index (κ2) is 5.24. The van der Waals surface area contributed by atoms with E-state index in [-0.39, 0.29) is 0 Å². The van der Waals surface area contributed by atoms with E-state index in [4.69, 9.17) is 15.0 Å². The Morgan fingerprint density at radius 2 is 2.10 bits per heavy atom. The van der Waals surface area contributed by atoms with Crippen molar-refractivity contribution in [1.29, 1.82) is 0 Å². The number of aryl methyl sites for hydroxylation is 1. The van der Waals surface area contributed by atoms with Gasteiger partial charge in [0.15, 0.2) is 5.69 Å². The Labute approximate surface area is 121 Å². The molecule has 0 aliphatic carbocycles. The third-order valence-electron chi connectivity index (χ3n) is 3.12. The van der Waals surface area contributed by atoms with Gasteiger partial charge in [0.2, 0.25) is 5.82 Å². The first-order valence-corrected chi connectivity index (χ1v) is 6.38. The van der Waals surface area contributed by atoms with Crippen LogP contribution in [0.3, 0.4) is 0 Å². The smallest absolute Gasteiger partial charge is 0.278 e. The molecule has 6 heteroatoms. The number of benzene rings is 1. The molecular weight excluding hydrogens is 268 g/mol. The molecule has 0 radical (unpaired) electrons. The van der Waals surface area contributed by atoms with Gasteiger partial charge in [-0.25, -0.2) is 4.98 Å². The van der Waals surface area contributed by atoms with Crippen molar-refractivity contribution >= 4 is 5.69 Å². The summed E-state index contributed by atoms with van der Waals surface area (Å²) in [6, 6.07) is 9.18. The number of ether oxygens (including phenoxy) is 1. The van der Waals surface area contributed by atoms with Gasteiger partial charge in [-0.3, -0.25) is 0 Å². The van der Waals surface area contributed by atoms with E-state index in [2.05, 4.69) is 15.1 Å². The molecule has 0 amide bonds. The maximum atomic E-state index is 5.86. The first-order chi connectivity index (χ1) is 10.2. The van der Waals surface area contributed by atoms with Crippen LogP contribution in [0.2, 0.25) is 0 Å². The Morgan fingerprint density at radius 1 is 1.24 bits per heavy atom. The van der Waals surface area contributed by atoms with Crippen LogP contribution in [0.5, 0.6) is 5.75 Å². The lowest BCUT2D eigenvalue weighted by Gasteiger charge is -2.04. The summed E-state index contributed by atoms with van der Waals surface area (Å²) in [5.41, 5.74) is 8.69. The lowest BCUT2D eigenvalue weighted by molar-refractivity contribution is 0.411. The molecule has 21 heavy (non-hydrogen) atoms. The fraction of sp³-hybridized carbons (Fsp3) is 0.133. The monoisotopic (exact) mass is 282 g/mol. The van der Waals surface area contributed by atoms with Crippen LogP contribution in [0.15, 0.2) is 41.1 Å². The minimum Gasteiger partial charge on any atom is -0.496 e. The first kappa shape index (κ1) is 13.1. The van der Waals surface area contributed by atoms with E-state index in [9.17, 15) is 0 Å². The lowest BCUT2D eigenvalue weighted by Crippen LogP contribution is -1.92. The van der Waals surface area contributed by atoms with Gasteiger partial charge in [0.25, 0.3) is 5.89 Å². The molecule has 2 aromatic heterocycles. The van der Waals surface area contributed by atoms with Gasteiger partial charge in [-0.15, -0.1) is 0 Å². The van der Waals surface area contributed by atoms with Crippen LogP contribution in [0, 0.1) is 6.92 Å². The fourth-order valence-electron chi connectivity index (χ4n) is 2.05. The van der Waals surface area contributed by atoms with Gasteiger partial charge in [-0.05, 0) is 42.8 Å². The van der Waals surface area contributed by atoms with Crippen molar-refractivity contribution in [2.45, 2.75) is 6.92 Å². The third-order valence-corrected chi connectivity index (χ3v) is 3.12. The van der Waals surface area contributed by atoms with Crippen molar-refractivity contribution in [3.63, 3.8) is 0 Å². The zero-order valence-electron chi connectivity index (χ0n) is 11.7. The topological polar surface area (TPSA) is 87.1 Å². The Bertz CT molecular complexity index is 783. The second-order valence-corrected chi connectivity index (χ2v) is 4.55. The highest BCUT2D eigenvalue weighted by Crippen LogP contribution is 2.27. The number of nitrogens with two attached hydrogens (primary N) is 1. The zero-order valence-corrected chi connectivity index (χ0v) is 11.7. The van der Waals surface area contributed by atoms with E-state index in [0.717, 1.165) is 16.9 Å². The SMILES string of the molecule is COc1ccc(-c2noc(-c3ncccc3N)n2)cc1C. The highest BCUT2D eigenvalue weighted by Gasteiger charge is 2.14. The largest absolute Gasteiger partial charge is 0.496 e. The van der Waals surface area contributed by atoms with E-state index < -0.39 is 0 Å². The Hall–Kier alpha value is -2.89. The van der Waals surface area contributed by atoms with Crippen LogP contribution in [-0.2, 0) is 0 Å². The molecule has 0 spiro atoms. The van der Waals surface area contributed by atoms with Crippen molar-refractivity contribution in [3.8, 4) is 28.7 Å². The molecule has 3 aromatic rings. The van der Waals surface area contributed by atoms with Gasteiger partial charge in [0.05, 0.1) is 12.8 Å². The summed E-state index contributed by atoms with van der Waals surface area (Å²) in [5.74, 6) is 1.61. The standard InChI is InChI=1S/C15H14N4O2/c1-9-8-10(5-6-12(9)20-2)14-18-15(21-19-14)13-11(16)4-3-7-17-13/h3-8H,16H2,1-2H3. The molecular formula is C15H14N4O2. The summed E-state index contributed by atoms with van der Waals surface area (Å²) in [7, 11) is 1.64. The molecule has 0 saturated carbocycles. The quantitative estimate of drug-likeness (QED) is 0.794. The van der Waals surface area contributed by atoms with Crippen molar-refractivity contribution in [3.05, 3.63) is 42.1 Å². The first-order valence-electron chi connectivity index (χ1n) is 6.38. The predicted molar refractivity (Wildman–Crippen MR) is 78.7 cm³/mol.